The first-order chi connectivity index (χ1) is 49.0. The van der Waals surface area contributed by atoms with Crippen LogP contribution in [0.3, 0.4) is 0 Å². The highest BCUT2D eigenvalue weighted by atomic mass is 15.3. The van der Waals surface area contributed by atoms with E-state index in [9.17, 15) is 0 Å². The first-order valence-corrected chi connectivity index (χ1v) is 48.6. The Morgan fingerprint density at radius 3 is 1.03 bits per heavy atom. The van der Waals surface area contributed by atoms with Crippen molar-refractivity contribution in [1.29, 1.82) is 0 Å². The van der Waals surface area contributed by atoms with Gasteiger partial charge in [0.2, 0.25) is 0 Å². The summed E-state index contributed by atoms with van der Waals surface area (Å²) in [4.78, 5) is 8.01. The van der Waals surface area contributed by atoms with Crippen molar-refractivity contribution in [3.63, 3.8) is 0 Å². The van der Waals surface area contributed by atoms with Crippen molar-refractivity contribution in [2.45, 2.75) is 450 Å². The molecule has 23 unspecified atom stereocenters. The van der Waals surface area contributed by atoms with Crippen molar-refractivity contribution in [3.05, 3.63) is 0 Å². The van der Waals surface area contributed by atoms with Crippen LogP contribution in [-0.4, -0.2) is 52.8 Å². The van der Waals surface area contributed by atoms with Gasteiger partial charge in [0.05, 0.1) is 0 Å². The largest absolute Gasteiger partial charge is 0.295 e. The van der Waals surface area contributed by atoms with Gasteiger partial charge in [-0.05, 0) is 304 Å². The SMILES string of the molecule is CC(C)(C)C1CCC(C2CC3C4B(C5CC(C6CCCCC6)CCC5N3C3C(C5CCCCC5)CC(C(C)(C)C)CC3C3CCCCC3)C3CCC(C5CCC6C7CCCC8CCCC(C9CCCC5C96)C87)CC3N(C3C(C5CCCCC5)CC(C(C)(C)C)CC3C3CCCCC3)C4C2)CC1. The Bertz CT molecular complexity index is 2590. The van der Waals surface area contributed by atoms with Crippen LogP contribution in [0.5, 0.6) is 0 Å². The zero-order chi connectivity index (χ0) is 68.6. The second-order valence-electron chi connectivity index (χ2n) is 47.0. The van der Waals surface area contributed by atoms with E-state index < -0.39 is 0 Å². The summed E-state index contributed by atoms with van der Waals surface area (Å²) in [5, 5.41) is 0. The van der Waals surface area contributed by atoms with Crippen LogP contribution in [0, 0.1) is 164 Å². The molecule has 16 saturated carbocycles. The van der Waals surface area contributed by atoms with Crippen LogP contribution in [0.1, 0.15) is 396 Å². The number of rotatable bonds is 9. The molecule has 0 bridgehead atoms. The van der Waals surface area contributed by atoms with E-state index in [0.717, 1.165) is 208 Å². The highest BCUT2D eigenvalue weighted by molar-refractivity contribution is 6.65. The molecule has 0 aromatic carbocycles. The Labute approximate surface area is 626 Å². The van der Waals surface area contributed by atoms with E-state index in [4.69, 9.17) is 0 Å². The van der Waals surface area contributed by atoms with Gasteiger partial charge in [0, 0.05) is 36.3 Å². The van der Waals surface area contributed by atoms with Gasteiger partial charge in [-0.15, -0.1) is 0 Å². The van der Waals surface area contributed by atoms with Crippen molar-refractivity contribution < 1.29 is 0 Å². The lowest BCUT2D eigenvalue weighted by atomic mass is 9.17. The summed E-state index contributed by atoms with van der Waals surface area (Å²) in [6, 6.07) is 5.10. The molecular weight excluding hydrogens is 1220 g/mol. The van der Waals surface area contributed by atoms with Crippen molar-refractivity contribution in [2.75, 3.05) is 0 Å². The highest BCUT2D eigenvalue weighted by Gasteiger charge is 2.70. The lowest BCUT2D eigenvalue weighted by Crippen LogP contribution is -2.77. The smallest absolute Gasteiger partial charge is 0.156 e. The van der Waals surface area contributed by atoms with Crippen molar-refractivity contribution in [2.24, 2.45) is 164 Å². The third-order valence-electron chi connectivity index (χ3n) is 40.3. The number of hydrogen-bond donors (Lipinski definition) is 0. The van der Waals surface area contributed by atoms with Crippen molar-refractivity contribution in [3.8, 4) is 0 Å². The summed E-state index contributed by atoms with van der Waals surface area (Å²) in [6.07, 6.45) is 82.5. The third kappa shape index (κ3) is 13.7. The fourth-order valence-corrected chi connectivity index (χ4v) is 36.1. The molecule has 23 atom stereocenters. The topological polar surface area (TPSA) is 6.48 Å². The second-order valence-corrected chi connectivity index (χ2v) is 47.0. The van der Waals surface area contributed by atoms with Crippen LogP contribution < -0.4 is 0 Å². The Balaban J connectivity index is 0.816. The Morgan fingerprint density at radius 2 is 0.564 bits per heavy atom. The molecule has 16 aliphatic carbocycles. The van der Waals surface area contributed by atoms with Gasteiger partial charge < -0.3 is 0 Å². The Morgan fingerprint density at radius 1 is 0.208 bits per heavy atom. The maximum absolute atomic E-state index is 4.05. The molecule has 0 spiro atoms. The summed E-state index contributed by atoms with van der Waals surface area (Å²) in [5.74, 6) is 28.0. The van der Waals surface area contributed by atoms with Crippen LogP contribution in [0.4, 0.5) is 0 Å². The first kappa shape index (κ1) is 72.5. The molecule has 2 heterocycles. The summed E-state index contributed by atoms with van der Waals surface area (Å²) >= 11 is 0. The molecule has 18 aliphatic rings. The molecule has 18 fully saturated rings. The van der Waals surface area contributed by atoms with Crippen LogP contribution in [0.25, 0.3) is 0 Å². The predicted octanol–water partition coefficient (Wildman–Crippen LogP) is 27.5. The molecule has 0 aromatic rings. The predicted molar refractivity (Wildman–Crippen MR) is 429 cm³/mol. The summed E-state index contributed by atoms with van der Waals surface area (Å²) < 4.78 is 0. The minimum absolute atomic E-state index is 0.402. The summed E-state index contributed by atoms with van der Waals surface area (Å²) in [5.41, 5.74) is 1.26. The number of fused-ring (bicyclic) bond motifs is 6. The monoisotopic (exact) mass is 1380 g/mol. The molecule has 0 amide bonds. The lowest BCUT2D eigenvalue weighted by Gasteiger charge is -2.73. The van der Waals surface area contributed by atoms with E-state index in [1.165, 1.54) is 44.9 Å². The third-order valence-corrected chi connectivity index (χ3v) is 40.3. The molecule has 0 aromatic heterocycles. The van der Waals surface area contributed by atoms with Crippen LogP contribution >= 0.6 is 0 Å². The van der Waals surface area contributed by atoms with Crippen molar-refractivity contribution in [1.82, 2.24) is 9.80 Å². The minimum atomic E-state index is 0.402. The van der Waals surface area contributed by atoms with Crippen LogP contribution in [-0.2, 0) is 0 Å². The Hall–Kier alpha value is -0.0151. The van der Waals surface area contributed by atoms with Crippen molar-refractivity contribution >= 4 is 6.71 Å². The summed E-state index contributed by atoms with van der Waals surface area (Å²) in [7, 11) is 0. The maximum atomic E-state index is 4.05. The van der Waals surface area contributed by atoms with E-state index in [0.29, 0.717) is 16.2 Å². The zero-order valence-corrected chi connectivity index (χ0v) is 68.4. The van der Waals surface area contributed by atoms with Crippen LogP contribution in [0.2, 0.25) is 17.5 Å². The quantitative estimate of drug-likeness (QED) is 0.212. The molecular formula is C98H165BN2. The van der Waals surface area contributed by atoms with E-state index in [1.807, 2.05) is 0 Å². The van der Waals surface area contributed by atoms with E-state index in [1.54, 1.807) is 289 Å². The van der Waals surface area contributed by atoms with E-state index in [-0.39, 0.29) is 0 Å². The molecule has 0 radical (unpaired) electrons. The maximum Gasteiger partial charge on any atom is 0.156 e. The van der Waals surface area contributed by atoms with Gasteiger partial charge in [-0.2, -0.15) is 0 Å². The van der Waals surface area contributed by atoms with Gasteiger partial charge >= 0.3 is 0 Å². The average molecular weight is 1380 g/mol. The molecule has 2 saturated heterocycles. The Kier molecular flexibility index (Phi) is 21.5. The second kappa shape index (κ2) is 29.9. The first-order valence-electron chi connectivity index (χ1n) is 48.6. The van der Waals surface area contributed by atoms with Gasteiger partial charge in [0.25, 0.3) is 0 Å². The molecule has 2 nitrogen and oxygen atoms in total. The van der Waals surface area contributed by atoms with Gasteiger partial charge in [-0.1, -0.05) is 274 Å². The van der Waals surface area contributed by atoms with Gasteiger partial charge in [0.1, 0.15) is 0 Å². The van der Waals surface area contributed by atoms with Crippen LogP contribution in [0.15, 0.2) is 0 Å². The summed E-state index contributed by atoms with van der Waals surface area (Å²) in [6.45, 7) is 25.5. The van der Waals surface area contributed by atoms with Gasteiger partial charge in [-0.25, -0.2) is 0 Å². The molecule has 3 heteroatoms. The minimum Gasteiger partial charge on any atom is -0.295 e. The molecule has 101 heavy (non-hydrogen) atoms. The molecule has 0 N–H and O–H groups in total. The highest BCUT2D eigenvalue weighted by Crippen LogP contribution is 2.72. The fourth-order valence-electron chi connectivity index (χ4n) is 36.1. The van der Waals surface area contributed by atoms with Gasteiger partial charge in [-0.3, -0.25) is 9.80 Å². The zero-order valence-electron chi connectivity index (χ0n) is 68.4. The lowest BCUT2D eigenvalue weighted by molar-refractivity contribution is -0.162. The molecule has 18 rings (SSSR count). The number of nitrogens with zero attached hydrogens (tertiary/aromatic N) is 2. The van der Waals surface area contributed by atoms with E-state index >= 15 is 0 Å². The molecule has 2 aliphatic heterocycles. The fraction of sp³-hybridized carbons (Fsp3) is 1.00. The molecule has 570 valence electrons. The standard InChI is InChI=1S/C98H165BN2/c1-96(2,3)72-48-44-63(45-49-72)71-56-89-93-90(57-71)101(95-83(66-34-21-13-22-35-66)60-74(98(7,8)9)61-84(95)67-36-23-14-24-37-67)88-55-70(75-50-51-80-78-41-26-39-68-38-25-40-77(91(68)78)79-43-27-42-76(75)92(79)80)46-52-85(88)99(93)86-54-69(62-28-15-10-16-29-62)47-53-87(86)100(89)94-81(64-30-17-11-18-31-64)58-73(97(4,5)6)59-82(94)65-32-19-12-20-33-65/h62-95H,10-61H2,1-9H3. The normalized spacial score (nSPS) is 49.2. The average Bonchev–Trinajstić information content (AvgIpc) is 0.688. The number of hydrogen-bond acceptors (Lipinski definition) is 2. The van der Waals surface area contributed by atoms with Gasteiger partial charge in [0.15, 0.2) is 6.71 Å². The van der Waals surface area contributed by atoms with E-state index in [2.05, 4.69) is 72.1 Å².